The second-order valence-electron chi connectivity index (χ2n) is 4.25. The average Bonchev–Trinajstić information content (AvgIpc) is 2.73. The van der Waals surface area contributed by atoms with Crippen LogP contribution in [-0.4, -0.2) is 4.98 Å². The maximum absolute atomic E-state index is 5.77. The van der Waals surface area contributed by atoms with Gasteiger partial charge in [-0.1, -0.05) is 6.07 Å². The Morgan fingerprint density at radius 3 is 2.94 bits per heavy atom. The first-order valence-corrected chi connectivity index (χ1v) is 5.59. The predicted molar refractivity (Wildman–Crippen MR) is 68.8 cm³/mol. The largest absolute Gasteiger partial charge is 0.399 e. The van der Waals surface area contributed by atoms with Crippen molar-refractivity contribution in [3.63, 3.8) is 0 Å². The zero-order chi connectivity index (χ0) is 11.8. The molecule has 4 heteroatoms. The Labute approximate surface area is 100 Å². The Bertz CT molecular complexity index is 548. The number of hydrogen-bond donors (Lipinski definition) is 2. The molecule has 2 aromatic rings. The summed E-state index contributed by atoms with van der Waals surface area (Å²) in [7, 11) is 0. The van der Waals surface area contributed by atoms with Crippen LogP contribution < -0.4 is 16.2 Å². The van der Waals surface area contributed by atoms with Crippen LogP contribution in [0.2, 0.25) is 0 Å². The molecule has 3 N–H and O–H groups in total. The molecular weight excluding hydrogens is 212 g/mol. The van der Waals surface area contributed by atoms with E-state index in [1.807, 2.05) is 42.4 Å². The van der Waals surface area contributed by atoms with Gasteiger partial charge in [0.2, 0.25) is 0 Å². The number of hydrazine groups is 1. The van der Waals surface area contributed by atoms with E-state index in [-0.39, 0.29) is 0 Å². The molecule has 0 atom stereocenters. The van der Waals surface area contributed by atoms with E-state index >= 15 is 0 Å². The molecule has 0 unspecified atom stereocenters. The number of nitrogen functional groups attached to an aromatic ring is 1. The van der Waals surface area contributed by atoms with Crippen molar-refractivity contribution in [1.29, 1.82) is 0 Å². The van der Waals surface area contributed by atoms with Crippen molar-refractivity contribution in [2.24, 2.45) is 0 Å². The van der Waals surface area contributed by atoms with E-state index in [1.165, 1.54) is 5.56 Å². The maximum atomic E-state index is 5.77. The van der Waals surface area contributed by atoms with E-state index in [0.29, 0.717) is 0 Å². The number of aromatic nitrogens is 1. The summed E-state index contributed by atoms with van der Waals surface area (Å²) in [5, 5.41) is 1.99. The highest BCUT2D eigenvalue weighted by molar-refractivity contribution is 5.68. The van der Waals surface area contributed by atoms with Crippen LogP contribution in [0, 0.1) is 6.92 Å². The van der Waals surface area contributed by atoms with Crippen molar-refractivity contribution in [3.05, 3.63) is 47.7 Å². The van der Waals surface area contributed by atoms with Gasteiger partial charge in [-0.05, 0) is 42.3 Å². The normalized spacial score (nSPS) is 13.8. The van der Waals surface area contributed by atoms with Crippen molar-refractivity contribution in [1.82, 2.24) is 10.4 Å². The smallest absolute Gasteiger partial charge is 0.147 e. The molecular formula is C13H14N4. The van der Waals surface area contributed by atoms with Gasteiger partial charge in [-0.2, -0.15) is 0 Å². The number of pyridine rings is 1. The van der Waals surface area contributed by atoms with Crippen LogP contribution in [0.25, 0.3) is 0 Å². The molecule has 86 valence electrons. The Morgan fingerprint density at radius 1 is 1.29 bits per heavy atom. The summed E-state index contributed by atoms with van der Waals surface area (Å²) >= 11 is 0. The van der Waals surface area contributed by atoms with Crippen molar-refractivity contribution < 1.29 is 0 Å². The molecule has 0 amide bonds. The van der Waals surface area contributed by atoms with Crippen molar-refractivity contribution >= 4 is 17.2 Å². The fourth-order valence-electron chi connectivity index (χ4n) is 2.01. The van der Waals surface area contributed by atoms with Crippen LogP contribution >= 0.6 is 0 Å². The summed E-state index contributed by atoms with van der Waals surface area (Å²) in [4.78, 5) is 4.41. The number of nitrogens with zero attached hydrogens (tertiary/aromatic N) is 2. The van der Waals surface area contributed by atoms with E-state index in [9.17, 15) is 0 Å². The van der Waals surface area contributed by atoms with E-state index in [2.05, 4.69) is 16.5 Å². The number of rotatable bonds is 1. The fourth-order valence-corrected chi connectivity index (χ4v) is 2.01. The highest BCUT2D eigenvalue weighted by atomic mass is 15.5. The molecule has 1 aliphatic heterocycles. The Balaban J connectivity index is 2.01. The predicted octanol–water partition coefficient (Wildman–Crippen LogP) is 2.13. The molecule has 0 fully saturated rings. The lowest BCUT2D eigenvalue weighted by molar-refractivity contribution is 0.755. The zero-order valence-corrected chi connectivity index (χ0v) is 9.64. The molecule has 0 radical (unpaired) electrons. The second kappa shape index (κ2) is 3.75. The second-order valence-corrected chi connectivity index (χ2v) is 4.25. The third kappa shape index (κ3) is 1.72. The highest BCUT2D eigenvalue weighted by Gasteiger charge is 2.20. The lowest BCUT2D eigenvalue weighted by Crippen LogP contribution is -2.27. The van der Waals surface area contributed by atoms with Gasteiger partial charge in [-0.3, -0.25) is 5.01 Å². The molecule has 0 saturated heterocycles. The van der Waals surface area contributed by atoms with Gasteiger partial charge in [0.15, 0.2) is 0 Å². The minimum absolute atomic E-state index is 0.788. The minimum Gasteiger partial charge on any atom is -0.399 e. The Hall–Kier alpha value is -2.07. The molecule has 4 nitrogen and oxygen atoms in total. The van der Waals surface area contributed by atoms with Gasteiger partial charge < -0.3 is 5.73 Å². The lowest BCUT2D eigenvalue weighted by Gasteiger charge is -2.18. The number of benzene rings is 1. The number of anilines is 3. The highest BCUT2D eigenvalue weighted by Crippen LogP contribution is 2.31. The quantitative estimate of drug-likeness (QED) is 0.731. The molecule has 1 aliphatic rings. The van der Waals surface area contributed by atoms with Crippen LogP contribution in [0.1, 0.15) is 11.1 Å². The number of aryl methyl sites for hydroxylation is 1. The zero-order valence-electron chi connectivity index (χ0n) is 9.64. The topological polar surface area (TPSA) is 54.2 Å². The fraction of sp³-hybridized carbons (Fsp3) is 0.154. The molecule has 1 aromatic heterocycles. The number of nitrogens with one attached hydrogen (secondary N) is 1. The van der Waals surface area contributed by atoms with Gasteiger partial charge in [-0.15, -0.1) is 0 Å². The van der Waals surface area contributed by atoms with Crippen molar-refractivity contribution in [2.75, 3.05) is 10.7 Å². The van der Waals surface area contributed by atoms with Crippen LogP contribution in [0.15, 0.2) is 36.5 Å². The van der Waals surface area contributed by atoms with Crippen molar-refractivity contribution in [2.45, 2.75) is 13.5 Å². The lowest BCUT2D eigenvalue weighted by atomic mass is 10.1. The SMILES string of the molecule is Cc1ccc(N2NCc3cc(N)ccc32)nc1. The van der Waals surface area contributed by atoms with Crippen molar-refractivity contribution in [3.8, 4) is 0 Å². The summed E-state index contributed by atoms with van der Waals surface area (Å²) in [6.07, 6.45) is 1.87. The first kappa shape index (κ1) is 10.1. The van der Waals surface area contributed by atoms with Gasteiger partial charge in [0.25, 0.3) is 0 Å². The van der Waals surface area contributed by atoms with Gasteiger partial charge >= 0.3 is 0 Å². The standard InChI is InChI=1S/C13H14N4/c1-9-2-5-13(15-7-9)17-12-4-3-11(14)6-10(12)8-16-17/h2-7,16H,8,14H2,1H3. The maximum Gasteiger partial charge on any atom is 0.147 e. The third-order valence-electron chi connectivity index (χ3n) is 2.90. The first-order chi connectivity index (χ1) is 8.24. The summed E-state index contributed by atoms with van der Waals surface area (Å²) < 4.78 is 0. The summed E-state index contributed by atoms with van der Waals surface area (Å²) in [5.41, 5.74) is 13.3. The van der Waals surface area contributed by atoms with Crippen LogP contribution in [-0.2, 0) is 6.54 Å². The first-order valence-electron chi connectivity index (χ1n) is 5.59. The van der Waals surface area contributed by atoms with Gasteiger partial charge in [0.1, 0.15) is 5.82 Å². The molecule has 1 aromatic carbocycles. The molecule has 17 heavy (non-hydrogen) atoms. The molecule has 0 aliphatic carbocycles. The summed E-state index contributed by atoms with van der Waals surface area (Å²) in [5.74, 6) is 0.902. The molecule has 3 rings (SSSR count). The number of nitrogens with two attached hydrogens (primary N) is 1. The summed E-state index contributed by atoms with van der Waals surface area (Å²) in [6, 6.07) is 9.99. The summed E-state index contributed by atoms with van der Waals surface area (Å²) in [6.45, 7) is 2.82. The van der Waals surface area contributed by atoms with E-state index in [1.54, 1.807) is 0 Å². The molecule has 0 saturated carbocycles. The molecule has 0 bridgehead atoms. The molecule has 0 spiro atoms. The van der Waals surface area contributed by atoms with Crippen LogP contribution in [0.5, 0.6) is 0 Å². The van der Waals surface area contributed by atoms with E-state index < -0.39 is 0 Å². The van der Waals surface area contributed by atoms with Crippen LogP contribution in [0.3, 0.4) is 0 Å². The minimum atomic E-state index is 0.788. The van der Waals surface area contributed by atoms with Gasteiger partial charge in [0.05, 0.1) is 5.69 Å². The number of hydrogen-bond acceptors (Lipinski definition) is 4. The molecule has 2 heterocycles. The Kier molecular flexibility index (Phi) is 2.23. The van der Waals surface area contributed by atoms with Gasteiger partial charge in [-0.25, -0.2) is 10.4 Å². The van der Waals surface area contributed by atoms with E-state index in [0.717, 1.165) is 29.3 Å². The monoisotopic (exact) mass is 226 g/mol. The van der Waals surface area contributed by atoms with Crippen LogP contribution in [0.4, 0.5) is 17.2 Å². The number of fused-ring (bicyclic) bond motifs is 1. The van der Waals surface area contributed by atoms with Gasteiger partial charge in [0, 0.05) is 18.4 Å². The van der Waals surface area contributed by atoms with E-state index in [4.69, 9.17) is 5.73 Å². The Morgan fingerprint density at radius 2 is 2.18 bits per heavy atom. The third-order valence-corrected chi connectivity index (χ3v) is 2.90. The average molecular weight is 226 g/mol.